The molecule has 0 bridgehead atoms. The number of methoxy groups -OCH3 is 2. The summed E-state index contributed by atoms with van der Waals surface area (Å²) in [6.45, 7) is 3.00. The van der Waals surface area contributed by atoms with Gasteiger partial charge in [0.25, 0.3) is 0 Å². The summed E-state index contributed by atoms with van der Waals surface area (Å²) >= 11 is 0. The lowest BCUT2D eigenvalue weighted by atomic mass is 10.1. The van der Waals surface area contributed by atoms with Gasteiger partial charge in [-0.1, -0.05) is 18.2 Å². The second-order valence-electron chi connectivity index (χ2n) is 7.43. The molecular formula is C23H28N4O3. The smallest absolute Gasteiger partial charge is 0.225 e. The SMILES string of the molecule is CCn1c(C2CC(NC(=O)Cc3cccc(OC)c3)NN2)cc2c(OC)cccc21. The van der Waals surface area contributed by atoms with Crippen molar-refractivity contribution in [3.63, 3.8) is 0 Å². The number of aromatic nitrogens is 1. The largest absolute Gasteiger partial charge is 0.497 e. The van der Waals surface area contributed by atoms with Gasteiger partial charge in [-0.25, -0.2) is 10.9 Å². The Morgan fingerprint density at radius 1 is 1.13 bits per heavy atom. The number of hydrogen-bond acceptors (Lipinski definition) is 5. The number of carbonyl (C=O) groups is 1. The quantitative estimate of drug-likeness (QED) is 0.560. The van der Waals surface area contributed by atoms with E-state index < -0.39 is 0 Å². The first-order valence-corrected chi connectivity index (χ1v) is 10.2. The van der Waals surface area contributed by atoms with Crippen molar-refractivity contribution in [2.45, 2.75) is 38.5 Å². The lowest BCUT2D eigenvalue weighted by Crippen LogP contribution is -2.44. The number of nitrogens with one attached hydrogen (secondary N) is 3. The molecule has 30 heavy (non-hydrogen) atoms. The molecule has 7 heteroatoms. The molecule has 2 aromatic carbocycles. The van der Waals surface area contributed by atoms with Crippen molar-refractivity contribution in [1.82, 2.24) is 20.7 Å². The molecule has 0 spiro atoms. The zero-order chi connectivity index (χ0) is 21.1. The van der Waals surface area contributed by atoms with E-state index in [1.165, 1.54) is 5.69 Å². The summed E-state index contributed by atoms with van der Waals surface area (Å²) in [4.78, 5) is 12.5. The topological polar surface area (TPSA) is 76.6 Å². The minimum atomic E-state index is -0.140. The second kappa shape index (κ2) is 8.77. The molecule has 1 amide bonds. The summed E-state index contributed by atoms with van der Waals surface area (Å²) in [6.07, 6.45) is 0.924. The summed E-state index contributed by atoms with van der Waals surface area (Å²) in [7, 11) is 3.32. The second-order valence-corrected chi connectivity index (χ2v) is 7.43. The van der Waals surface area contributed by atoms with Crippen molar-refractivity contribution in [3.05, 3.63) is 59.8 Å². The normalized spacial score (nSPS) is 18.5. The predicted octanol–water partition coefficient (Wildman–Crippen LogP) is 2.90. The van der Waals surface area contributed by atoms with E-state index in [0.717, 1.165) is 40.9 Å². The van der Waals surface area contributed by atoms with Crippen LogP contribution in [0.2, 0.25) is 0 Å². The Bertz CT molecular complexity index is 1050. The van der Waals surface area contributed by atoms with Gasteiger partial charge in [-0.2, -0.15) is 0 Å². The van der Waals surface area contributed by atoms with Crippen molar-refractivity contribution in [1.29, 1.82) is 0 Å². The van der Waals surface area contributed by atoms with Crippen molar-refractivity contribution in [3.8, 4) is 11.5 Å². The molecule has 7 nitrogen and oxygen atoms in total. The number of amides is 1. The molecule has 1 aliphatic rings. The number of carbonyl (C=O) groups excluding carboxylic acids is 1. The van der Waals surface area contributed by atoms with Gasteiger partial charge in [-0.3, -0.25) is 4.79 Å². The molecule has 0 saturated carbocycles. The first-order chi connectivity index (χ1) is 14.6. The van der Waals surface area contributed by atoms with Gasteiger partial charge in [0.15, 0.2) is 0 Å². The third-order valence-electron chi connectivity index (χ3n) is 5.57. The Morgan fingerprint density at radius 2 is 1.97 bits per heavy atom. The molecule has 1 aromatic heterocycles. The highest BCUT2D eigenvalue weighted by Gasteiger charge is 2.29. The number of fused-ring (bicyclic) bond motifs is 1. The van der Waals surface area contributed by atoms with E-state index in [9.17, 15) is 4.79 Å². The third kappa shape index (κ3) is 3.99. The van der Waals surface area contributed by atoms with Crippen LogP contribution in [0.5, 0.6) is 11.5 Å². The van der Waals surface area contributed by atoms with Gasteiger partial charge >= 0.3 is 0 Å². The van der Waals surface area contributed by atoms with Crippen LogP contribution < -0.4 is 25.6 Å². The number of nitrogens with zero attached hydrogens (tertiary/aromatic N) is 1. The number of rotatable bonds is 7. The van der Waals surface area contributed by atoms with Crippen LogP contribution >= 0.6 is 0 Å². The molecule has 3 N–H and O–H groups in total. The Morgan fingerprint density at radius 3 is 2.73 bits per heavy atom. The molecule has 4 rings (SSSR count). The fourth-order valence-electron chi connectivity index (χ4n) is 4.16. The highest BCUT2D eigenvalue weighted by atomic mass is 16.5. The minimum Gasteiger partial charge on any atom is -0.497 e. The van der Waals surface area contributed by atoms with Crippen molar-refractivity contribution < 1.29 is 14.3 Å². The number of hydrogen-bond donors (Lipinski definition) is 3. The maximum absolute atomic E-state index is 12.5. The van der Waals surface area contributed by atoms with Crippen molar-refractivity contribution >= 4 is 16.8 Å². The molecule has 2 atom stereocenters. The predicted molar refractivity (Wildman–Crippen MR) is 116 cm³/mol. The molecule has 3 aromatic rings. The number of aryl methyl sites for hydroxylation is 1. The Balaban J connectivity index is 1.45. The van der Waals surface area contributed by atoms with Crippen LogP contribution in [0.25, 0.3) is 10.9 Å². The third-order valence-corrected chi connectivity index (χ3v) is 5.57. The monoisotopic (exact) mass is 408 g/mol. The van der Waals surface area contributed by atoms with Crippen LogP contribution in [0.4, 0.5) is 0 Å². The van der Waals surface area contributed by atoms with E-state index in [2.05, 4.69) is 39.8 Å². The minimum absolute atomic E-state index is 0.0269. The first-order valence-electron chi connectivity index (χ1n) is 10.2. The van der Waals surface area contributed by atoms with E-state index >= 15 is 0 Å². The molecule has 2 heterocycles. The lowest BCUT2D eigenvalue weighted by molar-refractivity contribution is -0.121. The fourth-order valence-corrected chi connectivity index (χ4v) is 4.16. The maximum atomic E-state index is 12.5. The molecule has 2 unspecified atom stereocenters. The summed E-state index contributed by atoms with van der Waals surface area (Å²) < 4.78 is 13.1. The van der Waals surface area contributed by atoms with Gasteiger partial charge < -0.3 is 19.4 Å². The van der Waals surface area contributed by atoms with Crippen LogP contribution in [0.3, 0.4) is 0 Å². The molecule has 1 fully saturated rings. The van der Waals surface area contributed by atoms with Crippen LogP contribution in [-0.2, 0) is 17.8 Å². The van der Waals surface area contributed by atoms with E-state index in [1.54, 1.807) is 14.2 Å². The molecule has 1 aliphatic heterocycles. The Labute approximate surface area is 176 Å². The summed E-state index contributed by atoms with van der Waals surface area (Å²) in [5.41, 5.74) is 9.81. The van der Waals surface area contributed by atoms with Gasteiger partial charge in [-0.15, -0.1) is 0 Å². The van der Waals surface area contributed by atoms with Gasteiger partial charge in [0.1, 0.15) is 11.5 Å². The van der Waals surface area contributed by atoms with E-state index in [4.69, 9.17) is 9.47 Å². The fraction of sp³-hybridized carbons (Fsp3) is 0.348. The Kier molecular flexibility index (Phi) is 5.92. The van der Waals surface area contributed by atoms with Gasteiger partial charge in [0, 0.05) is 24.0 Å². The first kappa shape index (κ1) is 20.3. The molecule has 0 aliphatic carbocycles. The zero-order valence-corrected chi connectivity index (χ0v) is 17.6. The summed E-state index contributed by atoms with van der Waals surface area (Å²) in [5, 5.41) is 4.17. The van der Waals surface area contributed by atoms with E-state index in [1.807, 2.05) is 36.4 Å². The molecular weight excluding hydrogens is 380 g/mol. The van der Waals surface area contributed by atoms with Crippen LogP contribution in [0.1, 0.15) is 30.6 Å². The van der Waals surface area contributed by atoms with Crippen molar-refractivity contribution in [2.24, 2.45) is 0 Å². The van der Waals surface area contributed by atoms with Gasteiger partial charge in [0.05, 0.1) is 38.4 Å². The van der Waals surface area contributed by atoms with Crippen LogP contribution in [0, 0.1) is 0 Å². The Hall–Kier alpha value is -3.03. The van der Waals surface area contributed by atoms with Crippen LogP contribution in [0.15, 0.2) is 48.5 Å². The highest BCUT2D eigenvalue weighted by Crippen LogP contribution is 2.33. The number of benzene rings is 2. The number of hydrazine groups is 1. The average molecular weight is 409 g/mol. The summed E-state index contributed by atoms with van der Waals surface area (Å²) in [5.74, 6) is 1.60. The highest BCUT2D eigenvalue weighted by molar-refractivity contribution is 5.87. The van der Waals surface area contributed by atoms with E-state index in [0.29, 0.717) is 6.42 Å². The standard InChI is InChI=1S/C23H28N4O3/c1-4-27-19-9-6-10-21(30-3)17(19)13-20(27)18-14-22(26-25-18)24-23(28)12-15-7-5-8-16(11-15)29-2/h5-11,13,18,22,25-26H,4,12,14H2,1-3H3,(H,24,28). The van der Waals surface area contributed by atoms with Gasteiger partial charge in [-0.05, 0) is 42.8 Å². The van der Waals surface area contributed by atoms with Crippen LogP contribution in [-0.4, -0.2) is 30.9 Å². The van der Waals surface area contributed by atoms with E-state index in [-0.39, 0.29) is 18.1 Å². The van der Waals surface area contributed by atoms with Crippen molar-refractivity contribution in [2.75, 3.05) is 14.2 Å². The molecule has 0 radical (unpaired) electrons. The maximum Gasteiger partial charge on any atom is 0.225 e. The lowest BCUT2D eigenvalue weighted by Gasteiger charge is -2.14. The number of ether oxygens (including phenoxy) is 2. The molecule has 158 valence electrons. The summed E-state index contributed by atoms with van der Waals surface area (Å²) in [6, 6.07) is 15.9. The molecule has 1 saturated heterocycles. The van der Waals surface area contributed by atoms with Gasteiger partial charge in [0.2, 0.25) is 5.91 Å². The zero-order valence-electron chi connectivity index (χ0n) is 17.6. The average Bonchev–Trinajstić information content (AvgIpc) is 3.37.